The lowest BCUT2D eigenvalue weighted by Gasteiger charge is -2.17. The second-order valence-corrected chi connectivity index (χ2v) is 5.09. The monoisotopic (exact) mass is 289 g/mol. The van der Waals surface area contributed by atoms with Crippen molar-refractivity contribution in [1.82, 2.24) is 10.6 Å². The third-order valence-corrected chi connectivity index (χ3v) is 3.34. The molecule has 5 nitrogen and oxygen atoms in total. The van der Waals surface area contributed by atoms with Crippen molar-refractivity contribution < 1.29 is 14.0 Å². The van der Waals surface area contributed by atoms with Crippen LogP contribution >= 0.6 is 0 Å². The van der Waals surface area contributed by atoms with E-state index in [9.17, 15) is 14.0 Å². The van der Waals surface area contributed by atoms with Crippen molar-refractivity contribution in [3.63, 3.8) is 0 Å². The minimum atomic E-state index is -0.664. The van der Waals surface area contributed by atoms with Crippen LogP contribution in [0.25, 0.3) is 0 Å². The Morgan fingerprint density at radius 1 is 1.33 bits per heavy atom. The Morgan fingerprint density at radius 2 is 2.00 bits per heavy atom. The SMILES string of the molecule is N#CCNC(=O)[C@H](CC1CC1)NC(=O)c1ccc(F)cc1. The Bertz CT molecular complexity index is 561. The number of halogens is 1. The number of nitrogens with one attached hydrogen (secondary N) is 2. The molecule has 2 amide bonds. The summed E-state index contributed by atoms with van der Waals surface area (Å²) in [6, 6.07) is 6.29. The predicted octanol–water partition coefficient (Wildman–Crippen LogP) is 1.36. The number of carbonyl (C=O) groups excluding carboxylic acids is 2. The fourth-order valence-electron chi connectivity index (χ4n) is 2.01. The molecule has 2 rings (SSSR count). The highest BCUT2D eigenvalue weighted by molar-refractivity contribution is 5.97. The molecule has 1 aliphatic carbocycles. The second kappa shape index (κ2) is 6.84. The van der Waals surface area contributed by atoms with Crippen molar-refractivity contribution >= 4 is 11.8 Å². The molecule has 0 spiro atoms. The van der Waals surface area contributed by atoms with E-state index in [1.54, 1.807) is 0 Å². The molecule has 1 aromatic carbocycles. The summed E-state index contributed by atoms with van der Waals surface area (Å²) in [5.74, 6) is -0.768. The maximum Gasteiger partial charge on any atom is 0.251 e. The van der Waals surface area contributed by atoms with Gasteiger partial charge in [-0.2, -0.15) is 5.26 Å². The van der Waals surface area contributed by atoms with Gasteiger partial charge in [0.2, 0.25) is 5.91 Å². The molecule has 0 aliphatic heterocycles. The molecule has 1 aromatic rings. The molecule has 0 saturated heterocycles. The zero-order valence-corrected chi connectivity index (χ0v) is 11.4. The van der Waals surface area contributed by atoms with E-state index in [4.69, 9.17) is 5.26 Å². The lowest BCUT2D eigenvalue weighted by atomic mass is 10.1. The minimum absolute atomic E-state index is 0.0909. The predicted molar refractivity (Wildman–Crippen MR) is 73.6 cm³/mol. The number of amides is 2. The lowest BCUT2D eigenvalue weighted by Crippen LogP contribution is -2.47. The van der Waals surface area contributed by atoms with E-state index < -0.39 is 17.8 Å². The van der Waals surface area contributed by atoms with Crippen LogP contribution in [0.3, 0.4) is 0 Å². The molecule has 0 radical (unpaired) electrons. The van der Waals surface area contributed by atoms with E-state index in [2.05, 4.69) is 10.6 Å². The Kier molecular flexibility index (Phi) is 4.88. The summed E-state index contributed by atoms with van der Waals surface area (Å²) in [6.07, 6.45) is 2.66. The quantitative estimate of drug-likeness (QED) is 0.776. The first kappa shape index (κ1) is 15.0. The summed E-state index contributed by atoms with van der Waals surface area (Å²) in [5.41, 5.74) is 0.297. The highest BCUT2D eigenvalue weighted by Crippen LogP contribution is 2.33. The van der Waals surface area contributed by atoms with E-state index >= 15 is 0 Å². The van der Waals surface area contributed by atoms with E-state index in [-0.39, 0.29) is 12.5 Å². The fourth-order valence-corrected chi connectivity index (χ4v) is 2.01. The first-order chi connectivity index (χ1) is 10.1. The van der Waals surface area contributed by atoms with Crippen LogP contribution in [0.5, 0.6) is 0 Å². The van der Waals surface area contributed by atoms with Gasteiger partial charge in [-0.05, 0) is 36.6 Å². The number of hydrogen-bond acceptors (Lipinski definition) is 3. The summed E-state index contributed by atoms with van der Waals surface area (Å²) < 4.78 is 12.8. The maximum absolute atomic E-state index is 12.8. The van der Waals surface area contributed by atoms with Crippen molar-refractivity contribution in [1.29, 1.82) is 5.26 Å². The smallest absolute Gasteiger partial charge is 0.251 e. The number of nitrogens with zero attached hydrogens (tertiary/aromatic N) is 1. The Hall–Kier alpha value is -2.42. The van der Waals surface area contributed by atoms with Gasteiger partial charge in [-0.15, -0.1) is 0 Å². The summed E-state index contributed by atoms with van der Waals surface area (Å²) in [7, 11) is 0. The van der Waals surface area contributed by atoms with Crippen LogP contribution < -0.4 is 10.6 Å². The molecule has 1 saturated carbocycles. The molecule has 0 bridgehead atoms. The molecule has 1 atom stereocenters. The third kappa shape index (κ3) is 4.56. The molecule has 110 valence electrons. The molecule has 0 unspecified atom stereocenters. The minimum Gasteiger partial charge on any atom is -0.341 e. The summed E-state index contributed by atoms with van der Waals surface area (Å²) >= 11 is 0. The molecule has 1 aliphatic rings. The van der Waals surface area contributed by atoms with Gasteiger partial charge in [0.1, 0.15) is 18.4 Å². The summed E-state index contributed by atoms with van der Waals surface area (Å²) in [5, 5.41) is 13.6. The van der Waals surface area contributed by atoms with Crippen LogP contribution in [0.4, 0.5) is 4.39 Å². The van der Waals surface area contributed by atoms with Crippen molar-refractivity contribution in [3.05, 3.63) is 35.6 Å². The standard InChI is InChI=1S/C15H16FN3O2/c16-12-5-3-11(4-6-12)14(20)19-13(9-10-1-2-10)15(21)18-8-7-17/h3-6,10,13H,1-2,8-9H2,(H,18,21)(H,19,20)/t13-/m0/s1. The summed E-state index contributed by atoms with van der Waals surface area (Å²) in [6.45, 7) is -0.0909. The topological polar surface area (TPSA) is 82.0 Å². The lowest BCUT2D eigenvalue weighted by molar-refractivity contribution is -0.123. The highest BCUT2D eigenvalue weighted by atomic mass is 19.1. The number of nitriles is 1. The third-order valence-electron chi connectivity index (χ3n) is 3.34. The molecule has 0 aromatic heterocycles. The van der Waals surface area contributed by atoms with Crippen LogP contribution in [0.15, 0.2) is 24.3 Å². The van der Waals surface area contributed by atoms with Gasteiger partial charge in [-0.3, -0.25) is 9.59 Å². The Labute approximate surface area is 122 Å². The molecule has 0 heterocycles. The van der Waals surface area contributed by atoms with Gasteiger partial charge in [0.25, 0.3) is 5.91 Å². The van der Waals surface area contributed by atoms with Crippen LogP contribution in [-0.2, 0) is 4.79 Å². The molecule has 2 N–H and O–H groups in total. The van der Waals surface area contributed by atoms with E-state index in [1.165, 1.54) is 24.3 Å². The Morgan fingerprint density at radius 3 is 2.57 bits per heavy atom. The van der Waals surface area contributed by atoms with Crippen LogP contribution in [-0.4, -0.2) is 24.4 Å². The molecular weight excluding hydrogens is 273 g/mol. The molecule has 21 heavy (non-hydrogen) atoms. The van der Waals surface area contributed by atoms with Crippen LogP contribution in [0.2, 0.25) is 0 Å². The average Bonchev–Trinajstić information content (AvgIpc) is 3.28. The van der Waals surface area contributed by atoms with Gasteiger partial charge < -0.3 is 10.6 Å². The normalized spacial score (nSPS) is 14.9. The Balaban J connectivity index is 1.99. The molecule has 1 fully saturated rings. The molecular formula is C15H16FN3O2. The first-order valence-corrected chi connectivity index (χ1v) is 6.81. The van der Waals surface area contributed by atoms with Crippen molar-refractivity contribution in [2.24, 2.45) is 5.92 Å². The van der Waals surface area contributed by atoms with Gasteiger partial charge in [0.15, 0.2) is 0 Å². The van der Waals surface area contributed by atoms with Gasteiger partial charge >= 0.3 is 0 Å². The van der Waals surface area contributed by atoms with Gasteiger partial charge in [-0.1, -0.05) is 12.8 Å². The zero-order valence-electron chi connectivity index (χ0n) is 11.4. The van der Waals surface area contributed by atoms with E-state index in [0.717, 1.165) is 12.8 Å². The van der Waals surface area contributed by atoms with Crippen molar-refractivity contribution in [2.45, 2.75) is 25.3 Å². The largest absolute Gasteiger partial charge is 0.341 e. The maximum atomic E-state index is 12.8. The van der Waals surface area contributed by atoms with Crippen LogP contribution in [0, 0.1) is 23.1 Å². The number of benzene rings is 1. The van der Waals surface area contributed by atoms with E-state index in [1.807, 2.05) is 6.07 Å². The second-order valence-electron chi connectivity index (χ2n) is 5.09. The highest BCUT2D eigenvalue weighted by Gasteiger charge is 2.30. The number of carbonyl (C=O) groups is 2. The average molecular weight is 289 g/mol. The fraction of sp³-hybridized carbons (Fsp3) is 0.400. The molecule has 6 heteroatoms. The van der Waals surface area contributed by atoms with Crippen LogP contribution in [0.1, 0.15) is 29.6 Å². The van der Waals surface area contributed by atoms with E-state index in [0.29, 0.717) is 17.9 Å². The van der Waals surface area contributed by atoms with Crippen molar-refractivity contribution in [2.75, 3.05) is 6.54 Å². The number of rotatable bonds is 6. The zero-order chi connectivity index (χ0) is 15.2. The first-order valence-electron chi connectivity index (χ1n) is 6.81. The van der Waals surface area contributed by atoms with Gasteiger partial charge in [0.05, 0.1) is 6.07 Å². The van der Waals surface area contributed by atoms with Crippen molar-refractivity contribution in [3.8, 4) is 6.07 Å². The van der Waals surface area contributed by atoms with Gasteiger partial charge in [0, 0.05) is 5.56 Å². The number of hydrogen-bond donors (Lipinski definition) is 2. The van der Waals surface area contributed by atoms with Gasteiger partial charge in [-0.25, -0.2) is 4.39 Å². The summed E-state index contributed by atoms with van der Waals surface area (Å²) in [4.78, 5) is 24.0.